The van der Waals surface area contributed by atoms with E-state index in [9.17, 15) is 4.79 Å². The number of H-pyrrole nitrogens is 1. The second-order valence-corrected chi connectivity index (χ2v) is 4.10. The average Bonchev–Trinajstić information content (AvgIpc) is 2.89. The first-order chi connectivity index (χ1) is 8.74. The summed E-state index contributed by atoms with van der Waals surface area (Å²) in [5.41, 5.74) is 8.35. The van der Waals surface area contributed by atoms with Crippen molar-refractivity contribution >= 4 is 11.6 Å². The van der Waals surface area contributed by atoms with Crippen molar-refractivity contribution in [3.63, 3.8) is 0 Å². The molecule has 0 saturated carbocycles. The zero-order valence-corrected chi connectivity index (χ0v) is 10.0. The molecule has 0 spiro atoms. The molecular formula is C13H16N4O. The third-order valence-corrected chi connectivity index (χ3v) is 2.65. The lowest BCUT2D eigenvalue weighted by molar-refractivity contribution is -0.121. The maximum Gasteiger partial charge on any atom is 0.220 e. The first-order valence-electron chi connectivity index (χ1n) is 5.83. The maximum absolute atomic E-state index is 11.6. The highest BCUT2D eigenvalue weighted by Crippen LogP contribution is 2.07. The van der Waals surface area contributed by atoms with Gasteiger partial charge in [-0.2, -0.15) is 5.10 Å². The van der Waals surface area contributed by atoms with Gasteiger partial charge in [0.2, 0.25) is 5.91 Å². The van der Waals surface area contributed by atoms with Gasteiger partial charge in [0.15, 0.2) is 0 Å². The minimum absolute atomic E-state index is 0.0291. The van der Waals surface area contributed by atoms with Crippen LogP contribution in [0.2, 0.25) is 0 Å². The molecule has 0 bridgehead atoms. The van der Waals surface area contributed by atoms with Crippen molar-refractivity contribution in [2.24, 2.45) is 0 Å². The Bertz CT molecular complexity index is 490. The quantitative estimate of drug-likeness (QED) is 0.692. The summed E-state index contributed by atoms with van der Waals surface area (Å²) in [5, 5.41) is 9.44. The van der Waals surface area contributed by atoms with E-state index >= 15 is 0 Å². The normalized spacial score (nSPS) is 10.2. The molecule has 0 radical (unpaired) electrons. The van der Waals surface area contributed by atoms with Crippen LogP contribution in [0.4, 0.5) is 5.69 Å². The van der Waals surface area contributed by atoms with Crippen molar-refractivity contribution in [2.45, 2.75) is 19.4 Å². The number of anilines is 1. The maximum atomic E-state index is 11.6. The van der Waals surface area contributed by atoms with Crippen LogP contribution in [0.5, 0.6) is 0 Å². The number of carbonyl (C=O) groups excluding carboxylic acids is 1. The molecule has 2 aromatic rings. The van der Waals surface area contributed by atoms with Crippen LogP contribution in [0.3, 0.4) is 0 Å². The molecule has 2 rings (SSSR count). The molecule has 18 heavy (non-hydrogen) atoms. The Morgan fingerprint density at radius 3 is 2.72 bits per heavy atom. The van der Waals surface area contributed by atoms with Crippen molar-refractivity contribution in [1.29, 1.82) is 0 Å². The second kappa shape index (κ2) is 5.86. The molecule has 0 aliphatic heterocycles. The molecule has 94 valence electrons. The molecule has 0 saturated heterocycles. The third-order valence-electron chi connectivity index (χ3n) is 2.65. The number of nitrogens with one attached hydrogen (secondary N) is 2. The Hall–Kier alpha value is -2.30. The Labute approximate surface area is 105 Å². The molecule has 0 fully saturated rings. The zero-order chi connectivity index (χ0) is 12.8. The first kappa shape index (κ1) is 12.2. The third kappa shape index (κ3) is 3.62. The van der Waals surface area contributed by atoms with Crippen molar-refractivity contribution in [2.75, 3.05) is 5.73 Å². The molecule has 4 N–H and O–H groups in total. The van der Waals surface area contributed by atoms with Crippen LogP contribution < -0.4 is 11.1 Å². The van der Waals surface area contributed by atoms with Gasteiger partial charge in [-0.25, -0.2) is 0 Å². The smallest absolute Gasteiger partial charge is 0.220 e. The van der Waals surface area contributed by atoms with Gasteiger partial charge in [-0.1, -0.05) is 12.1 Å². The zero-order valence-electron chi connectivity index (χ0n) is 10.0. The summed E-state index contributed by atoms with van der Waals surface area (Å²) in [5.74, 6) is 0.0291. The highest BCUT2D eigenvalue weighted by atomic mass is 16.1. The molecular weight excluding hydrogens is 228 g/mol. The van der Waals surface area contributed by atoms with Gasteiger partial charge in [0, 0.05) is 18.3 Å². The molecule has 1 amide bonds. The van der Waals surface area contributed by atoms with Gasteiger partial charge in [-0.05, 0) is 30.2 Å². The van der Waals surface area contributed by atoms with E-state index in [1.807, 2.05) is 30.3 Å². The van der Waals surface area contributed by atoms with E-state index in [2.05, 4.69) is 15.5 Å². The predicted octanol–water partition coefficient (Wildman–Crippen LogP) is 1.24. The molecule has 0 aliphatic rings. The fraction of sp³-hybridized carbons (Fsp3) is 0.231. The van der Waals surface area contributed by atoms with Crippen LogP contribution in [0.25, 0.3) is 0 Å². The highest BCUT2D eigenvalue weighted by Gasteiger charge is 2.02. The van der Waals surface area contributed by atoms with E-state index in [1.165, 1.54) is 0 Å². The second-order valence-electron chi connectivity index (χ2n) is 4.10. The topological polar surface area (TPSA) is 83.8 Å². The number of nitrogens with two attached hydrogens (primary N) is 1. The van der Waals surface area contributed by atoms with E-state index in [0.717, 1.165) is 23.4 Å². The average molecular weight is 244 g/mol. The number of nitrogen functional groups attached to an aromatic ring is 1. The van der Waals surface area contributed by atoms with Gasteiger partial charge < -0.3 is 11.1 Å². The van der Waals surface area contributed by atoms with Crippen molar-refractivity contribution in [3.05, 3.63) is 47.8 Å². The van der Waals surface area contributed by atoms with Gasteiger partial charge in [0.05, 0.1) is 12.2 Å². The van der Waals surface area contributed by atoms with E-state index in [-0.39, 0.29) is 5.91 Å². The van der Waals surface area contributed by atoms with Gasteiger partial charge in [0.1, 0.15) is 0 Å². The Balaban J connectivity index is 1.73. The molecule has 0 unspecified atom stereocenters. The van der Waals surface area contributed by atoms with Gasteiger partial charge in [-0.15, -0.1) is 0 Å². The molecule has 1 aromatic carbocycles. The van der Waals surface area contributed by atoms with Crippen LogP contribution in [-0.4, -0.2) is 16.1 Å². The summed E-state index contributed by atoms with van der Waals surface area (Å²) in [7, 11) is 0. The van der Waals surface area contributed by atoms with Crippen LogP contribution in [0, 0.1) is 0 Å². The highest BCUT2D eigenvalue weighted by molar-refractivity contribution is 5.76. The van der Waals surface area contributed by atoms with Crippen LogP contribution in [-0.2, 0) is 17.8 Å². The summed E-state index contributed by atoms with van der Waals surface area (Å²) in [6.07, 6.45) is 2.85. The number of aryl methyl sites for hydroxylation is 1. The lowest BCUT2D eigenvalue weighted by atomic mass is 10.1. The fourth-order valence-electron chi connectivity index (χ4n) is 1.61. The summed E-state index contributed by atoms with van der Waals surface area (Å²) in [4.78, 5) is 11.6. The number of rotatable bonds is 5. The molecule has 1 heterocycles. The van der Waals surface area contributed by atoms with Crippen molar-refractivity contribution < 1.29 is 4.79 Å². The van der Waals surface area contributed by atoms with E-state index in [4.69, 9.17) is 5.73 Å². The molecule has 5 nitrogen and oxygen atoms in total. The van der Waals surface area contributed by atoms with Crippen LogP contribution >= 0.6 is 0 Å². The number of amides is 1. The SMILES string of the molecule is Nc1ccc(CCC(=O)NCc2ccn[nH]2)cc1. The number of benzene rings is 1. The van der Waals surface area contributed by atoms with Gasteiger partial charge >= 0.3 is 0 Å². The Kier molecular flexibility index (Phi) is 3.96. The number of aromatic amines is 1. The van der Waals surface area contributed by atoms with Gasteiger partial charge in [0.25, 0.3) is 0 Å². The molecule has 1 aromatic heterocycles. The van der Waals surface area contributed by atoms with Crippen molar-refractivity contribution in [1.82, 2.24) is 15.5 Å². The number of hydrogen-bond acceptors (Lipinski definition) is 3. The lowest BCUT2D eigenvalue weighted by Crippen LogP contribution is -2.23. The van der Waals surface area contributed by atoms with Crippen molar-refractivity contribution in [3.8, 4) is 0 Å². The number of hydrogen-bond donors (Lipinski definition) is 3. The standard InChI is InChI=1S/C13H16N4O/c14-11-4-1-10(2-5-11)3-6-13(18)15-9-12-7-8-16-17-12/h1-2,4-5,7-8H,3,6,9,14H2,(H,15,18)(H,16,17). The summed E-state index contributed by atoms with van der Waals surface area (Å²) in [6, 6.07) is 9.41. The summed E-state index contributed by atoms with van der Waals surface area (Å²) in [6.45, 7) is 0.487. The minimum atomic E-state index is 0.0291. The fourth-order valence-corrected chi connectivity index (χ4v) is 1.61. The number of nitrogens with zero attached hydrogens (tertiary/aromatic N) is 1. The largest absolute Gasteiger partial charge is 0.399 e. The van der Waals surface area contributed by atoms with Crippen LogP contribution in [0.1, 0.15) is 17.7 Å². The van der Waals surface area contributed by atoms with E-state index in [1.54, 1.807) is 6.20 Å². The molecule has 0 atom stereocenters. The van der Waals surface area contributed by atoms with Crippen LogP contribution in [0.15, 0.2) is 36.5 Å². The van der Waals surface area contributed by atoms with E-state index in [0.29, 0.717) is 13.0 Å². The molecule has 0 aliphatic carbocycles. The number of carbonyl (C=O) groups is 1. The summed E-state index contributed by atoms with van der Waals surface area (Å²) < 4.78 is 0. The summed E-state index contributed by atoms with van der Waals surface area (Å²) >= 11 is 0. The minimum Gasteiger partial charge on any atom is -0.399 e. The van der Waals surface area contributed by atoms with Gasteiger partial charge in [-0.3, -0.25) is 9.89 Å². The Morgan fingerprint density at radius 2 is 2.06 bits per heavy atom. The number of aromatic nitrogens is 2. The lowest BCUT2D eigenvalue weighted by Gasteiger charge is -2.04. The Morgan fingerprint density at radius 1 is 1.28 bits per heavy atom. The predicted molar refractivity (Wildman–Crippen MR) is 69.6 cm³/mol. The molecule has 5 heteroatoms. The first-order valence-corrected chi connectivity index (χ1v) is 5.83. The van der Waals surface area contributed by atoms with E-state index < -0.39 is 0 Å². The monoisotopic (exact) mass is 244 g/mol.